The molecule has 3 N–H and O–H groups in total. The minimum atomic E-state index is -4.84. The van der Waals surface area contributed by atoms with Gasteiger partial charge in [0, 0.05) is 11.9 Å². The second-order valence-electron chi connectivity index (χ2n) is 5.09. The lowest BCUT2D eigenvalue weighted by Gasteiger charge is -2.05. The number of thiophene rings is 1. The molecule has 25 heavy (non-hydrogen) atoms. The van der Waals surface area contributed by atoms with Gasteiger partial charge < -0.3 is 10.4 Å². The molecule has 130 valence electrons. The van der Waals surface area contributed by atoms with Gasteiger partial charge in [0.15, 0.2) is 0 Å². The fourth-order valence-corrected chi connectivity index (χ4v) is 3.25. The van der Waals surface area contributed by atoms with Crippen molar-refractivity contribution in [1.29, 1.82) is 0 Å². The highest BCUT2D eigenvalue weighted by molar-refractivity contribution is 7.16. The molecule has 0 aliphatic carbocycles. The van der Waals surface area contributed by atoms with E-state index in [1.165, 1.54) is 0 Å². The zero-order valence-corrected chi connectivity index (χ0v) is 13.2. The molecule has 2 aromatic heterocycles. The van der Waals surface area contributed by atoms with E-state index in [1.807, 2.05) is 0 Å². The topological polar surface area (TPSA) is 95.1 Å². The predicted octanol–water partition coefficient (Wildman–Crippen LogP) is 3.27. The summed E-state index contributed by atoms with van der Waals surface area (Å²) in [5.41, 5.74) is 0.160. The van der Waals surface area contributed by atoms with E-state index in [2.05, 4.69) is 15.5 Å². The largest absolute Gasteiger partial charge is 0.477 e. The van der Waals surface area contributed by atoms with Crippen molar-refractivity contribution in [2.45, 2.75) is 12.7 Å². The molecule has 0 unspecified atom stereocenters. The first-order valence-corrected chi connectivity index (χ1v) is 7.72. The van der Waals surface area contributed by atoms with Gasteiger partial charge in [-0.25, -0.2) is 4.79 Å². The lowest BCUT2D eigenvalue weighted by Crippen LogP contribution is -2.22. The molecule has 10 heteroatoms. The zero-order valence-electron chi connectivity index (χ0n) is 12.3. The maximum absolute atomic E-state index is 12.9. The fourth-order valence-electron chi connectivity index (χ4n) is 2.32. The Balaban J connectivity index is 1.82. The first-order chi connectivity index (χ1) is 11.8. The molecule has 0 radical (unpaired) electrons. The molecule has 0 saturated carbocycles. The van der Waals surface area contributed by atoms with Crippen LogP contribution in [0.2, 0.25) is 0 Å². The van der Waals surface area contributed by atoms with Crippen molar-refractivity contribution in [2.24, 2.45) is 0 Å². The molecule has 0 aliphatic rings. The Morgan fingerprint density at radius 3 is 2.72 bits per heavy atom. The van der Waals surface area contributed by atoms with E-state index in [9.17, 15) is 22.8 Å². The Morgan fingerprint density at radius 2 is 2.08 bits per heavy atom. The van der Waals surface area contributed by atoms with Gasteiger partial charge in [-0.1, -0.05) is 12.1 Å². The summed E-state index contributed by atoms with van der Waals surface area (Å²) in [6.45, 7) is 0.0668. The van der Waals surface area contributed by atoms with Crippen molar-refractivity contribution in [1.82, 2.24) is 15.5 Å². The number of benzene rings is 1. The lowest BCUT2D eigenvalue weighted by atomic mass is 10.1. The maximum atomic E-state index is 12.9. The number of H-pyrrole nitrogens is 1. The van der Waals surface area contributed by atoms with Crippen LogP contribution in [0.1, 0.15) is 30.5 Å². The molecular formula is C15H10F3N3O3S. The van der Waals surface area contributed by atoms with Crippen LogP contribution in [0.15, 0.2) is 30.5 Å². The number of carboxylic acids is 1. The van der Waals surface area contributed by atoms with Gasteiger partial charge in [-0.05, 0) is 17.7 Å². The predicted molar refractivity (Wildman–Crippen MR) is 83.5 cm³/mol. The van der Waals surface area contributed by atoms with Crippen LogP contribution in [0.4, 0.5) is 13.2 Å². The van der Waals surface area contributed by atoms with E-state index < -0.39 is 28.5 Å². The summed E-state index contributed by atoms with van der Waals surface area (Å²) in [7, 11) is 0. The molecule has 1 aromatic carbocycles. The Labute approximate surface area is 142 Å². The van der Waals surface area contributed by atoms with Crippen molar-refractivity contribution in [2.75, 3.05) is 0 Å². The molecule has 3 rings (SSSR count). The molecule has 6 nitrogen and oxygen atoms in total. The summed E-state index contributed by atoms with van der Waals surface area (Å²) in [5.74, 6) is -2.50. The van der Waals surface area contributed by atoms with Crippen molar-refractivity contribution in [3.63, 3.8) is 0 Å². The number of carbonyl (C=O) groups excluding carboxylic acids is 1. The van der Waals surface area contributed by atoms with E-state index >= 15 is 0 Å². The highest BCUT2D eigenvalue weighted by atomic mass is 32.1. The second kappa shape index (κ2) is 6.20. The number of nitrogens with zero attached hydrogens (tertiary/aromatic N) is 1. The summed E-state index contributed by atoms with van der Waals surface area (Å²) in [6, 6.07) is 5.84. The summed E-state index contributed by atoms with van der Waals surface area (Å²) < 4.78 is 38.6. The highest BCUT2D eigenvalue weighted by Crippen LogP contribution is 2.36. The monoisotopic (exact) mass is 369 g/mol. The number of rotatable bonds is 4. The Bertz CT molecular complexity index is 962. The molecule has 1 amide bonds. The zero-order chi connectivity index (χ0) is 18.2. The summed E-state index contributed by atoms with van der Waals surface area (Å²) in [4.78, 5) is 21.9. The Morgan fingerprint density at radius 1 is 1.32 bits per heavy atom. The molecule has 0 bridgehead atoms. The van der Waals surface area contributed by atoms with Crippen molar-refractivity contribution < 1.29 is 27.9 Å². The van der Waals surface area contributed by atoms with Gasteiger partial charge in [-0.3, -0.25) is 9.89 Å². The van der Waals surface area contributed by atoms with Gasteiger partial charge in [0.05, 0.1) is 22.2 Å². The average molecular weight is 369 g/mol. The van der Waals surface area contributed by atoms with Crippen LogP contribution in [-0.4, -0.2) is 27.2 Å². The minimum Gasteiger partial charge on any atom is -0.477 e. The van der Waals surface area contributed by atoms with Crippen LogP contribution in [0.25, 0.3) is 10.9 Å². The number of carboxylic acid groups (broad SMARTS) is 1. The Kier molecular flexibility index (Phi) is 4.21. The number of hydrogen-bond donors (Lipinski definition) is 3. The van der Waals surface area contributed by atoms with Gasteiger partial charge in [0.25, 0.3) is 5.91 Å². The molecule has 0 saturated heterocycles. The number of aromatic nitrogens is 2. The number of amides is 1. The standard InChI is InChI=1S/C15H10F3N3O3S/c16-15(17,18)9-4-11(25-12(9)14(23)24)13(22)19-5-7-2-1-3-10-8(7)6-20-21-10/h1-4,6H,5H2,(H,19,22)(H,20,21)(H,23,24). The summed E-state index contributed by atoms with van der Waals surface area (Å²) in [5, 5.41) is 18.8. The van der Waals surface area contributed by atoms with Gasteiger partial charge in [0.1, 0.15) is 4.88 Å². The number of hydrogen-bond acceptors (Lipinski definition) is 4. The first kappa shape index (κ1) is 17.0. The van der Waals surface area contributed by atoms with Crippen molar-refractivity contribution >= 4 is 34.1 Å². The van der Waals surface area contributed by atoms with Crippen LogP contribution in [-0.2, 0) is 12.7 Å². The molecule has 0 aliphatic heterocycles. The van der Waals surface area contributed by atoms with E-state index in [4.69, 9.17) is 5.11 Å². The molecule has 0 atom stereocenters. The quantitative estimate of drug-likeness (QED) is 0.658. The number of fused-ring (bicyclic) bond motifs is 1. The third kappa shape index (κ3) is 3.33. The van der Waals surface area contributed by atoms with Crippen LogP contribution in [0.3, 0.4) is 0 Å². The first-order valence-electron chi connectivity index (χ1n) is 6.91. The number of halogens is 3. The van der Waals surface area contributed by atoms with E-state index in [-0.39, 0.29) is 11.4 Å². The highest BCUT2D eigenvalue weighted by Gasteiger charge is 2.38. The average Bonchev–Trinajstić information content (AvgIpc) is 3.18. The number of aromatic carboxylic acids is 1. The third-order valence-corrected chi connectivity index (χ3v) is 4.59. The van der Waals surface area contributed by atoms with Crippen molar-refractivity contribution in [3.8, 4) is 0 Å². The van der Waals surface area contributed by atoms with E-state index in [0.717, 1.165) is 16.5 Å². The van der Waals surface area contributed by atoms with Crippen LogP contribution in [0, 0.1) is 0 Å². The number of alkyl halides is 3. The third-order valence-electron chi connectivity index (χ3n) is 3.47. The maximum Gasteiger partial charge on any atom is 0.418 e. The Hall–Kier alpha value is -2.88. The smallest absolute Gasteiger partial charge is 0.418 e. The molecule has 0 fully saturated rings. The molecular weight excluding hydrogens is 359 g/mol. The van der Waals surface area contributed by atoms with Crippen LogP contribution in [0.5, 0.6) is 0 Å². The summed E-state index contributed by atoms with van der Waals surface area (Å²) in [6.07, 6.45) is -3.27. The van der Waals surface area contributed by atoms with Crippen LogP contribution < -0.4 is 5.32 Å². The molecule has 3 aromatic rings. The molecule has 2 heterocycles. The number of carbonyl (C=O) groups is 2. The SMILES string of the molecule is O=C(NCc1cccc2[nH]ncc12)c1cc(C(F)(F)F)c(C(=O)O)s1. The summed E-state index contributed by atoms with van der Waals surface area (Å²) >= 11 is 0.293. The van der Waals surface area contributed by atoms with Gasteiger partial charge in [-0.15, -0.1) is 11.3 Å². The van der Waals surface area contributed by atoms with E-state index in [0.29, 0.717) is 17.4 Å². The van der Waals surface area contributed by atoms with Gasteiger partial charge in [-0.2, -0.15) is 18.3 Å². The normalized spacial score (nSPS) is 11.6. The van der Waals surface area contributed by atoms with E-state index in [1.54, 1.807) is 24.4 Å². The second-order valence-corrected chi connectivity index (χ2v) is 6.14. The number of aromatic amines is 1. The van der Waals surface area contributed by atoms with Crippen molar-refractivity contribution in [3.05, 3.63) is 51.3 Å². The lowest BCUT2D eigenvalue weighted by molar-refractivity contribution is -0.137. The van der Waals surface area contributed by atoms with Gasteiger partial charge >= 0.3 is 12.1 Å². The number of nitrogens with one attached hydrogen (secondary N) is 2. The fraction of sp³-hybridized carbons (Fsp3) is 0.133. The molecule has 0 spiro atoms. The van der Waals surface area contributed by atoms with Gasteiger partial charge in [0.2, 0.25) is 0 Å². The minimum absolute atomic E-state index is 0.0668. The van der Waals surface area contributed by atoms with Crippen LogP contribution >= 0.6 is 11.3 Å².